The molecule has 11 heteroatoms. The van der Waals surface area contributed by atoms with Crippen molar-refractivity contribution >= 4 is 34.9 Å². The second-order valence-corrected chi connectivity index (χ2v) is 5.34. The summed E-state index contributed by atoms with van der Waals surface area (Å²) in [5, 5.41) is 16.3. The van der Waals surface area contributed by atoms with Crippen molar-refractivity contribution in [3.8, 4) is 0 Å². The van der Waals surface area contributed by atoms with Gasteiger partial charge in [0.1, 0.15) is 5.76 Å². The van der Waals surface area contributed by atoms with Crippen molar-refractivity contribution in [1.82, 2.24) is 20.3 Å². The molecule has 1 aromatic carbocycles. The molecule has 7 nitrogen and oxygen atoms in total. The van der Waals surface area contributed by atoms with Gasteiger partial charge in [0, 0.05) is 11.8 Å². The zero-order valence-corrected chi connectivity index (χ0v) is 13.4. The first kappa shape index (κ1) is 17.0. The highest BCUT2D eigenvalue weighted by Crippen LogP contribution is 2.36. The molecule has 0 aliphatic rings. The first-order valence-corrected chi connectivity index (χ1v) is 7.23. The SMILES string of the molecule is Cc1cc(Nc2cnnc(Nc3ccc(Cl)c(C(F)(F)F)c3)n2)no1. The fraction of sp³-hybridized carbons (Fsp3) is 0.143. The van der Waals surface area contributed by atoms with E-state index in [1.54, 1.807) is 13.0 Å². The molecule has 3 aromatic rings. The van der Waals surface area contributed by atoms with Gasteiger partial charge in [0.05, 0.1) is 16.8 Å². The zero-order chi connectivity index (χ0) is 18.0. The van der Waals surface area contributed by atoms with Crippen LogP contribution in [0.15, 0.2) is 35.0 Å². The Morgan fingerprint density at radius 2 is 1.92 bits per heavy atom. The number of nitrogens with one attached hydrogen (secondary N) is 2. The van der Waals surface area contributed by atoms with Crippen molar-refractivity contribution in [3.63, 3.8) is 0 Å². The van der Waals surface area contributed by atoms with Crippen LogP contribution < -0.4 is 10.6 Å². The van der Waals surface area contributed by atoms with E-state index in [0.717, 1.165) is 12.1 Å². The number of aromatic nitrogens is 4. The van der Waals surface area contributed by atoms with Crippen LogP contribution in [0.25, 0.3) is 0 Å². The van der Waals surface area contributed by atoms with Gasteiger partial charge >= 0.3 is 6.18 Å². The molecule has 0 spiro atoms. The molecule has 2 heterocycles. The summed E-state index contributed by atoms with van der Waals surface area (Å²) in [7, 11) is 0. The van der Waals surface area contributed by atoms with Crippen LogP contribution in [0, 0.1) is 6.92 Å². The molecule has 0 saturated heterocycles. The maximum atomic E-state index is 12.9. The number of halogens is 4. The minimum Gasteiger partial charge on any atom is -0.360 e. The number of aryl methyl sites for hydroxylation is 1. The molecule has 130 valence electrons. The average Bonchev–Trinajstić information content (AvgIpc) is 2.93. The van der Waals surface area contributed by atoms with Crippen molar-refractivity contribution in [2.24, 2.45) is 0 Å². The fourth-order valence-electron chi connectivity index (χ4n) is 1.92. The highest BCUT2D eigenvalue weighted by Gasteiger charge is 2.33. The van der Waals surface area contributed by atoms with Gasteiger partial charge in [0.25, 0.3) is 0 Å². The molecule has 0 radical (unpaired) electrons. The molecule has 0 bridgehead atoms. The van der Waals surface area contributed by atoms with Crippen molar-refractivity contribution in [2.45, 2.75) is 13.1 Å². The molecule has 25 heavy (non-hydrogen) atoms. The molecular weight excluding hydrogens is 361 g/mol. The Labute approximate surface area is 144 Å². The summed E-state index contributed by atoms with van der Waals surface area (Å²) in [5.74, 6) is 1.30. The van der Waals surface area contributed by atoms with Crippen LogP contribution in [0.5, 0.6) is 0 Å². The lowest BCUT2D eigenvalue weighted by molar-refractivity contribution is -0.137. The predicted molar refractivity (Wildman–Crippen MR) is 84.1 cm³/mol. The van der Waals surface area contributed by atoms with E-state index in [0.29, 0.717) is 11.6 Å². The zero-order valence-electron chi connectivity index (χ0n) is 12.6. The van der Waals surface area contributed by atoms with E-state index in [4.69, 9.17) is 16.1 Å². The van der Waals surface area contributed by atoms with Crippen LogP contribution in [-0.4, -0.2) is 20.3 Å². The summed E-state index contributed by atoms with van der Waals surface area (Å²) < 4.78 is 43.6. The molecule has 0 saturated carbocycles. The van der Waals surface area contributed by atoms with Gasteiger partial charge in [-0.15, -0.1) is 5.10 Å². The summed E-state index contributed by atoms with van der Waals surface area (Å²) in [6.45, 7) is 1.72. The minimum absolute atomic E-state index is 0.000615. The Kier molecular flexibility index (Phi) is 4.45. The van der Waals surface area contributed by atoms with Gasteiger partial charge in [0.2, 0.25) is 5.95 Å². The fourth-order valence-corrected chi connectivity index (χ4v) is 2.15. The van der Waals surface area contributed by atoms with Gasteiger partial charge in [-0.25, -0.2) is 0 Å². The van der Waals surface area contributed by atoms with Crippen LogP contribution in [0.3, 0.4) is 0 Å². The third kappa shape index (κ3) is 4.15. The minimum atomic E-state index is -4.57. The third-order valence-electron chi connectivity index (χ3n) is 2.97. The normalized spacial score (nSPS) is 11.4. The molecule has 0 aliphatic carbocycles. The first-order chi connectivity index (χ1) is 11.8. The van der Waals surface area contributed by atoms with E-state index in [9.17, 15) is 13.2 Å². The second kappa shape index (κ2) is 6.55. The Bertz CT molecular complexity index is 898. The molecular formula is C14H10ClF3N6O. The van der Waals surface area contributed by atoms with Crippen molar-refractivity contribution in [3.05, 3.63) is 46.8 Å². The number of anilines is 4. The van der Waals surface area contributed by atoms with Crippen LogP contribution in [-0.2, 0) is 6.18 Å². The highest BCUT2D eigenvalue weighted by atomic mass is 35.5. The molecule has 0 amide bonds. The Hall–Kier alpha value is -2.88. The third-order valence-corrected chi connectivity index (χ3v) is 3.30. The quantitative estimate of drug-likeness (QED) is 0.706. The van der Waals surface area contributed by atoms with Crippen molar-refractivity contribution < 1.29 is 17.7 Å². The lowest BCUT2D eigenvalue weighted by Crippen LogP contribution is -2.07. The molecule has 0 aliphatic heterocycles. The maximum Gasteiger partial charge on any atom is 0.417 e. The molecule has 0 fully saturated rings. The summed E-state index contributed by atoms with van der Waals surface area (Å²) >= 11 is 5.58. The van der Waals surface area contributed by atoms with Crippen molar-refractivity contribution in [1.29, 1.82) is 0 Å². The summed E-state index contributed by atoms with van der Waals surface area (Å²) in [6.07, 6.45) is -3.24. The Balaban J connectivity index is 1.80. The lowest BCUT2D eigenvalue weighted by atomic mass is 10.2. The largest absolute Gasteiger partial charge is 0.417 e. The number of benzene rings is 1. The van der Waals surface area contributed by atoms with Crippen LogP contribution in [0.1, 0.15) is 11.3 Å². The van der Waals surface area contributed by atoms with E-state index in [2.05, 4.69) is 31.0 Å². The second-order valence-electron chi connectivity index (χ2n) is 4.93. The lowest BCUT2D eigenvalue weighted by Gasteiger charge is -2.11. The number of hydrogen-bond acceptors (Lipinski definition) is 7. The summed E-state index contributed by atoms with van der Waals surface area (Å²) in [5.41, 5.74) is -0.840. The standard InChI is InChI=1S/C14H10ClF3N6O/c1-7-4-11(24-25-7)21-12-6-19-23-13(22-12)20-8-2-3-10(15)9(5-8)14(16,17)18/h2-6H,1H3,(H2,20,21,22,23,24). The monoisotopic (exact) mass is 370 g/mol. The van der Waals surface area contributed by atoms with E-state index in [1.807, 2.05) is 0 Å². The van der Waals surface area contributed by atoms with E-state index >= 15 is 0 Å². The topological polar surface area (TPSA) is 88.8 Å². The van der Waals surface area contributed by atoms with Gasteiger partial charge in [0.15, 0.2) is 11.6 Å². The number of alkyl halides is 3. The van der Waals surface area contributed by atoms with Gasteiger partial charge in [-0.2, -0.15) is 23.3 Å². The van der Waals surface area contributed by atoms with Crippen LogP contribution in [0.4, 0.5) is 36.4 Å². The Morgan fingerprint density at radius 1 is 1.12 bits per heavy atom. The number of rotatable bonds is 4. The van der Waals surface area contributed by atoms with Gasteiger partial charge in [-0.05, 0) is 25.1 Å². The molecule has 2 N–H and O–H groups in total. The summed E-state index contributed by atoms with van der Waals surface area (Å²) in [4.78, 5) is 4.10. The predicted octanol–water partition coefficient (Wildman–Crippen LogP) is 4.33. The molecule has 3 rings (SSSR count). The van der Waals surface area contributed by atoms with Gasteiger partial charge in [-0.3, -0.25) is 0 Å². The van der Waals surface area contributed by atoms with Gasteiger partial charge < -0.3 is 15.2 Å². The van der Waals surface area contributed by atoms with E-state index < -0.39 is 16.8 Å². The average molecular weight is 371 g/mol. The first-order valence-electron chi connectivity index (χ1n) is 6.85. The highest BCUT2D eigenvalue weighted by molar-refractivity contribution is 6.31. The maximum absolute atomic E-state index is 12.9. The van der Waals surface area contributed by atoms with Gasteiger partial charge in [-0.1, -0.05) is 16.8 Å². The number of hydrogen-bond donors (Lipinski definition) is 2. The van der Waals surface area contributed by atoms with Crippen LogP contribution in [0.2, 0.25) is 5.02 Å². The molecule has 2 aromatic heterocycles. The molecule has 0 atom stereocenters. The van der Waals surface area contributed by atoms with Crippen LogP contribution >= 0.6 is 11.6 Å². The smallest absolute Gasteiger partial charge is 0.360 e. The molecule has 0 unspecified atom stereocenters. The summed E-state index contributed by atoms with van der Waals surface area (Å²) in [6, 6.07) is 5.03. The van der Waals surface area contributed by atoms with Crippen molar-refractivity contribution in [2.75, 3.05) is 10.6 Å². The Morgan fingerprint density at radius 3 is 2.60 bits per heavy atom. The number of nitrogens with zero attached hydrogens (tertiary/aromatic N) is 4. The van der Waals surface area contributed by atoms with E-state index in [1.165, 1.54) is 12.3 Å². The van der Waals surface area contributed by atoms with E-state index in [-0.39, 0.29) is 17.5 Å².